The van der Waals surface area contributed by atoms with E-state index in [1.54, 1.807) is 6.20 Å². The Morgan fingerprint density at radius 1 is 1.32 bits per heavy atom. The lowest BCUT2D eigenvalue weighted by molar-refractivity contribution is 0.530. The van der Waals surface area contributed by atoms with E-state index >= 15 is 0 Å². The van der Waals surface area contributed by atoms with E-state index in [0.29, 0.717) is 6.42 Å². The molecule has 5 heteroatoms. The van der Waals surface area contributed by atoms with Crippen molar-refractivity contribution in [3.05, 3.63) is 58.1 Å². The maximum absolute atomic E-state index is 5.64. The fourth-order valence-electron chi connectivity index (χ4n) is 1.88. The number of aryl methyl sites for hydroxylation is 1. The Bertz CT molecular complexity index is 527. The molecule has 2 aromatic rings. The molecule has 2 heterocycles. The van der Waals surface area contributed by atoms with Crippen LogP contribution in [0.1, 0.15) is 29.9 Å². The molecule has 0 saturated heterocycles. The maximum Gasteiger partial charge on any atom is 0.0732 e. The molecular formula is C14H17BrN4. The largest absolute Gasteiger partial charge is 0.271 e. The zero-order valence-electron chi connectivity index (χ0n) is 10.8. The molecule has 0 aromatic carbocycles. The smallest absolute Gasteiger partial charge is 0.0732 e. The molecule has 0 spiro atoms. The number of hydrogen-bond donors (Lipinski definition) is 2. The lowest BCUT2D eigenvalue weighted by atomic mass is 10.1. The van der Waals surface area contributed by atoms with Gasteiger partial charge in [-0.25, -0.2) is 0 Å². The van der Waals surface area contributed by atoms with Crippen LogP contribution in [0.15, 0.2) is 41.1 Å². The fourth-order valence-corrected chi connectivity index (χ4v) is 2.41. The highest BCUT2D eigenvalue weighted by Crippen LogP contribution is 2.22. The quantitative estimate of drug-likeness (QED) is 0.656. The van der Waals surface area contributed by atoms with Crippen LogP contribution < -0.4 is 11.3 Å². The van der Waals surface area contributed by atoms with Crippen LogP contribution in [0.4, 0.5) is 0 Å². The summed E-state index contributed by atoms with van der Waals surface area (Å²) in [6.45, 7) is 2.12. The van der Waals surface area contributed by atoms with E-state index in [2.05, 4.69) is 44.3 Å². The Morgan fingerprint density at radius 2 is 2.16 bits per heavy atom. The predicted octanol–water partition coefficient (Wildman–Crippen LogP) is 2.55. The van der Waals surface area contributed by atoms with Gasteiger partial charge in [-0.1, -0.05) is 13.0 Å². The van der Waals surface area contributed by atoms with Crippen LogP contribution in [0, 0.1) is 0 Å². The van der Waals surface area contributed by atoms with E-state index in [1.165, 1.54) is 5.56 Å². The molecule has 0 saturated carbocycles. The molecule has 100 valence electrons. The second kappa shape index (κ2) is 6.75. The SMILES string of the molecule is CCc1ccc(CC(NN)c2ncccc2Br)nc1. The van der Waals surface area contributed by atoms with Crippen LogP contribution in [-0.4, -0.2) is 9.97 Å². The van der Waals surface area contributed by atoms with Crippen LogP contribution >= 0.6 is 15.9 Å². The monoisotopic (exact) mass is 320 g/mol. The van der Waals surface area contributed by atoms with Crippen molar-refractivity contribution >= 4 is 15.9 Å². The van der Waals surface area contributed by atoms with Gasteiger partial charge in [0, 0.05) is 29.0 Å². The first-order chi connectivity index (χ1) is 9.24. The van der Waals surface area contributed by atoms with Crippen LogP contribution in [0.2, 0.25) is 0 Å². The molecule has 1 unspecified atom stereocenters. The Balaban J connectivity index is 2.17. The third-order valence-electron chi connectivity index (χ3n) is 3.03. The molecule has 0 aliphatic heterocycles. The van der Waals surface area contributed by atoms with Gasteiger partial charge in [0.15, 0.2) is 0 Å². The highest BCUT2D eigenvalue weighted by atomic mass is 79.9. The van der Waals surface area contributed by atoms with Crippen molar-refractivity contribution in [2.45, 2.75) is 25.8 Å². The van der Waals surface area contributed by atoms with Crippen LogP contribution in [-0.2, 0) is 12.8 Å². The molecule has 19 heavy (non-hydrogen) atoms. The minimum absolute atomic E-state index is 0.0597. The fraction of sp³-hybridized carbons (Fsp3) is 0.286. The summed E-state index contributed by atoms with van der Waals surface area (Å²) >= 11 is 3.50. The molecule has 1 atom stereocenters. The van der Waals surface area contributed by atoms with Crippen molar-refractivity contribution < 1.29 is 0 Å². The summed E-state index contributed by atoms with van der Waals surface area (Å²) in [6, 6.07) is 7.93. The normalized spacial score (nSPS) is 12.4. The lowest BCUT2D eigenvalue weighted by Crippen LogP contribution is -2.30. The summed E-state index contributed by atoms with van der Waals surface area (Å²) in [5, 5.41) is 0. The summed E-state index contributed by atoms with van der Waals surface area (Å²) in [5.41, 5.74) is 5.93. The van der Waals surface area contributed by atoms with Gasteiger partial charge >= 0.3 is 0 Å². The van der Waals surface area contributed by atoms with E-state index < -0.39 is 0 Å². The minimum atomic E-state index is -0.0597. The van der Waals surface area contributed by atoms with Gasteiger partial charge in [-0.3, -0.25) is 21.2 Å². The zero-order chi connectivity index (χ0) is 13.7. The summed E-state index contributed by atoms with van der Waals surface area (Å²) in [7, 11) is 0. The van der Waals surface area contributed by atoms with Gasteiger partial charge in [0.05, 0.1) is 11.7 Å². The third-order valence-corrected chi connectivity index (χ3v) is 3.70. The van der Waals surface area contributed by atoms with Crippen molar-refractivity contribution in [1.82, 2.24) is 15.4 Å². The maximum atomic E-state index is 5.64. The summed E-state index contributed by atoms with van der Waals surface area (Å²) in [5.74, 6) is 5.64. The molecule has 3 N–H and O–H groups in total. The van der Waals surface area contributed by atoms with E-state index in [4.69, 9.17) is 5.84 Å². The van der Waals surface area contributed by atoms with Crippen molar-refractivity contribution in [3.63, 3.8) is 0 Å². The second-order valence-electron chi connectivity index (χ2n) is 4.31. The number of hydrogen-bond acceptors (Lipinski definition) is 4. The number of nitrogens with two attached hydrogens (primary N) is 1. The molecule has 2 aromatic heterocycles. The topological polar surface area (TPSA) is 63.8 Å². The van der Waals surface area contributed by atoms with Gasteiger partial charge in [0.25, 0.3) is 0 Å². The van der Waals surface area contributed by atoms with E-state index in [0.717, 1.165) is 22.3 Å². The van der Waals surface area contributed by atoms with Gasteiger partial charge in [0.1, 0.15) is 0 Å². The summed E-state index contributed by atoms with van der Waals surface area (Å²) < 4.78 is 0.947. The average Bonchev–Trinajstić information content (AvgIpc) is 2.46. The van der Waals surface area contributed by atoms with Gasteiger partial charge in [-0.15, -0.1) is 0 Å². The van der Waals surface area contributed by atoms with Crippen molar-refractivity contribution in [2.75, 3.05) is 0 Å². The first-order valence-corrected chi connectivity index (χ1v) is 7.04. The molecule has 0 fully saturated rings. The second-order valence-corrected chi connectivity index (χ2v) is 5.16. The molecule has 0 aliphatic carbocycles. The molecule has 0 amide bonds. The third kappa shape index (κ3) is 3.59. The number of halogens is 1. The van der Waals surface area contributed by atoms with Gasteiger partial charge in [-0.05, 0) is 46.1 Å². The van der Waals surface area contributed by atoms with Crippen LogP contribution in [0.3, 0.4) is 0 Å². The number of rotatable bonds is 5. The number of aromatic nitrogens is 2. The number of nitrogens with zero attached hydrogens (tertiary/aromatic N) is 2. The Hall–Kier alpha value is -1.30. The Morgan fingerprint density at radius 3 is 2.74 bits per heavy atom. The molecule has 0 radical (unpaired) electrons. The number of nitrogens with one attached hydrogen (secondary N) is 1. The summed E-state index contributed by atoms with van der Waals surface area (Å²) in [4.78, 5) is 8.82. The molecule has 0 aliphatic rings. The Labute approximate surface area is 121 Å². The van der Waals surface area contributed by atoms with E-state index in [-0.39, 0.29) is 6.04 Å². The molecule has 0 bridgehead atoms. The number of hydrazine groups is 1. The van der Waals surface area contributed by atoms with Crippen molar-refractivity contribution in [3.8, 4) is 0 Å². The summed E-state index contributed by atoms with van der Waals surface area (Å²) in [6.07, 6.45) is 5.38. The van der Waals surface area contributed by atoms with Crippen molar-refractivity contribution in [2.24, 2.45) is 5.84 Å². The van der Waals surface area contributed by atoms with Gasteiger partial charge in [0.2, 0.25) is 0 Å². The molecule has 2 rings (SSSR count). The Kier molecular flexibility index (Phi) is 5.01. The van der Waals surface area contributed by atoms with Crippen LogP contribution in [0.5, 0.6) is 0 Å². The predicted molar refractivity (Wildman–Crippen MR) is 79.3 cm³/mol. The first kappa shape index (κ1) is 14.1. The first-order valence-electron chi connectivity index (χ1n) is 6.25. The lowest BCUT2D eigenvalue weighted by Gasteiger charge is -2.16. The van der Waals surface area contributed by atoms with Gasteiger partial charge < -0.3 is 0 Å². The highest BCUT2D eigenvalue weighted by Gasteiger charge is 2.15. The van der Waals surface area contributed by atoms with E-state index in [1.807, 2.05) is 24.4 Å². The number of pyridine rings is 2. The standard InChI is InChI=1S/C14H17BrN4/c1-2-10-5-6-11(18-9-10)8-13(19-16)14-12(15)4-3-7-17-14/h3-7,9,13,19H,2,8,16H2,1H3. The molecular weight excluding hydrogens is 304 g/mol. The van der Waals surface area contributed by atoms with Crippen LogP contribution in [0.25, 0.3) is 0 Å². The van der Waals surface area contributed by atoms with E-state index in [9.17, 15) is 0 Å². The van der Waals surface area contributed by atoms with Crippen molar-refractivity contribution in [1.29, 1.82) is 0 Å². The highest BCUT2D eigenvalue weighted by molar-refractivity contribution is 9.10. The molecule has 4 nitrogen and oxygen atoms in total. The van der Waals surface area contributed by atoms with Gasteiger partial charge in [-0.2, -0.15) is 0 Å². The average molecular weight is 321 g/mol. The zero-order valence-corrected chi connectivity index (χ0v) is 12.4. The minimum Gasteiger partial charge on any atom is -0.271 e.